The van der Waals surface area contributed by atoms with Crippen molar-refractivity contribution >= 4 is 22.9 Å². The maximum atomic E-state index is 12.7. The van der Waals surface area contributed by atoms with Crippen LogP contribution in [-0.4, -0.2) is 26.9 Å². The van der Waals surface area contributed by atoms with E-state index in [0.29, 0.717) is 5.82 Å². The Morgan fingerprint density at radius 3 is 2.28 bits per heavy atom. The summed E-state index contributed by atoms with van der Waals surface area (Å²) in [4.78, 5) is 17.2. The lowest BCUT2D eigenvalue weighted by Crippen LogP contribution is -2.19. The number of amides is 1. The normalized spacial score (nSPS) is 11.1. The van der Waals surface area contributed by atoms with Crippen molar-refractivity contribution in [3.63, 3.8) is 0 Å². The lowest BCUT2D eigenvalue weighted by Gasteiger charge is -2.05. The number of nitrogens with zero attached hydrogens (tertiary/aromatic N) is 4. The van der Waals surface area contributed by atoms with E-state index in [1.165, 1.54) is 0 Å². The number of fused-ring (bicyclic) bond motifs is 1. The highest BCUT2D eigenvalue weighted by Gasteiger charge is 2.18. The first-order valence-corrected chi connectivity index (χ1v) is 10.2. The molecule has 0 bridgehead atoms. The molecule has 0 saturated heterocycles. The Bertz CT molecular complexity index is 1350. The number of para-hydroxylation sites is 1. The summed E-state index contributed by atoms with van der Waals surface area (Å²) in [5, 5.41) is 10.8. The number of hydrogen-bond donors (Lipinski definition) is 1. The van der Waals surface area contributed by atoms with Gasteiger partial charge in [0.2, 0.25) is 5.82 Å². The van der Waals surface area contributed by atoms with Crippen LogP contribution in [0.1, 0.15) is 16.2 Å². The Hall–Kier alpha value is -4.58. The fourth-order valence-electron chi connectivity index (χ4n) is 3.44. The van der Waals surface area contributed by atoms with E-state index in [4.69, 9.17) is 0 Å². The number of nitrogens with one attached hydrogen (secondary N) is 1. The van der Waals surface area contributed by atoms with Gasteiger partial charge in [-0.1, -0.05) is 84.9 Å². The van der Waals surface area contributed by atoms with Gasteiger partial charge in [-0.2, -0.15) is 5.10 Å². The lowest BCUT2D eigenvalue weighted by molar-refractivity contribution is 0.0945. The molecule has 0 spiro atoms. The molecule has 6 heteroatoms. The first-order chi connectivity index (χ1) is 15.8. The minimum absolute atomic E-state index is 0.0448. The van der Waals surface area contributed by atoms with Gasteiger partial charge < -0.3 is 0 Å². The standard InChI is InChI=1S/C26H19N5O/c32-26(29-27-18-19-15-16-20-9-7-8-12-22(20)17-19)24-28-25(21-10-3-1-4-11-21)31(30-24)23-13-5-2-6-14-23/h1-18H,(H,29,32)/b27-18+. The van der Waals surface area contributed by atoms with Gasteiger partial charge in [0, 0.05) is 5.56 Å². The van der Waals surface area contributed by atoms with E-state index in [-0.39, 0.29) is 5.82 Å². The Labute approximate surface area is 184 Å². The number of carbonyl (C=O) groups is 1. The van der Waals surface area contributed by atoms with Crippen LogP contribution >= 0.6 is 0 Å². The topological polar surface area (TPSA) is 72.2 Å². The molecule has 4 aromatic carbocycles. The van der Waals surface area contributed by atoms with Gasteiger partial charge in [0.05, 0.1) is 11.9 Å². The molecule has 154 valence electrons. The zero-order valence-electron chi connectivity index (χ0n) is 17.1. The Morgan fingerprint density at radius 1 is 0.812 bits per heavy atom. The van der Waals surface area contributed by atoms with Crippen molar-refractivity contribution in [2.75, 3.05) is 0 Å². The third-order valence-electron chi connectivity index (χ3n) is 5.00. The maximum absolute atomic E-state index is 12.7. The molecule has 0 aliphatic heterocycles. The third-order valence-corrected chi connectivity index (χ3v) is 5.00. The smallest absolute Gasteiger partial charge is 0.264 e. The first-order valence-electron chi connectivity index (χ1n) is 10.2. The van der Waals surface area contributed by atoms with Crippen molar-refractivity contribution in [3.8, 4) is 17.1 Å². The van der Waals surface area contributed by atoms with Crippen LogP contribution in [0.2, 0.25) is 0 Å². The molecular formula is C26H19N5O. The van der Waals surface area contributed by atoms with E-state index >= 15 is 0 Å². The average Bonchev–Trinajstić information content (AvgIpc) is 3.31. The van der Waals surface area contributed by atoms with Crippen molar-refractivity contribution in [1.29, 1.82) is 0 Å². The molecule has 6 nitrogen and oxygen atoms in total. The molecule has 1 aromatic heterocycles. The number of rotatable bonds is 5. The summed E-state index contributed by atoms with van der Waals surface area (Å²) in [6, 6.07) is 33.3. The molecular weight excluding hydrogens is 398 g/mol. The summed E-state index contributed by atoms with van der Waals surface area (Å²) >= 11 is 0. The second-order valence-electron chi connectivity index (χ2n) is 7.18. The van der Waals surface area contributed by atoms with Gasteiger partial charge in [-0.3, -0.25) is 4.79 Å². The number of carbonyl (C=O) groups excluding carboxylic acids is 1. The zero-order chi connectivity index (χ0) is 21.8. The highest BCUT2D eigenvalue weighted by atomic mass is 16.2. The monoisotopic (exact) mass is 417 g/mol. The molecule has 0 aliphatic carbocycles. The van der Waals surface area contributed by atoms with Gasteiger partial charge in [-0.05, 0) is 34.5 Å². The third kappa shape index (κ3) is 4.02. The molecule has 0 atom stereocenters. The Kier molecular flexibility index (Phi) is 5.24. The van der Waals surface area contributed by atoms with Crippen molar-refractivity contribution in [1.82, 2.24) is 20.2 Å². The molecule has 0 aliphatic rings. The first kappa shape index (κ1) is 19.4. The molecule has 0 saturated carbocycles. The van der Waals surface area contributed by atoms with Gasteiger partial charge in [0.1, 0.15) is 0 Å². The predicted octanol–water partition coefficient (Wildman–Crippen LogP) is 4.85. The van der Waals surface area contributed by atoms with E-state index in [1.807, 2.05) is 97.1 Å². The Morgan fingerprint density at radius 2 is 1.50 bits per heavy atom. The van der Waals surface area contributed by atoms with Gasteiger partial charge in [0.25, 0.3) is 0 Å². The highest BCUT2D eigenvalue weighted by Crippen LogP contribution is 2.21. The molecule has 5 aromatic rings. The average molecular weight is 417 g/mol. The Balaban J connectivity index is 1.40. The lowest BCUT2D eigenvalue weighted by atomic mass is 10.1. The van der Waals surface area contributed by atoms with E-state index in [1.54, 1.807) is 10.9 Å². The van der Waals surface area contributed by atoms with E-state index in [9.17, 15) is 4.79 Å². The van der Waals surface area contributed by atoms with Crippen molar-refractivity contribution in [2.24, 2.45) is 5.10 Å². The van der Waals surface area contributed by atoms with E-state index in [0.717, 1.165) is 27.6 Å². The minimum Gasteiger partial charge on any atom is -0.264 e. The highest BCUT2D eigenvalue weighted by molar-refractivity contribution is 5.93. The summed E-state index contributed by atoms with van der Waals surface area (Å²) in [6.45, 7) is 0. The fraction of sp³-hybridized carbons (Fsp3) is 0. The maximum Gasteiger partial charge on any atom is 0.311 e. The van der Waals surface area contributed by atoms with Crippen LogP contribution < -0.4 is 5.43 Å². The van der Waals surface area contributed by atoms with Crippen molar-refractivity contribution < 1.29 is 4.79 Å². The molecule has 1 N–H and O–H groups in total. The van der Waals surface area contributed by atoms with Crippen LogP contribution in [0.25, 0.3) is 27.8 Å². The summed E-state index contributed by atoms with van der Waals surface area (Å²) in [7, 11) is 0. The van der Waals surface area contributed by atoms with Gasteiger partial charge in [0.15, 0.2) is 5.82 Å². The molecule has 0 radical (unpaired) electrons. The van der Waals surface area contributed by atoms with Gasteiger partial charge in [-0.25, -0.2) is 15.1 Å². The summed E-state index contributed by atoms with van der Waals surface area (Å²) in [5.41, 5.74) is 5.10. The van der Waals surface area contributed by atoms with Crippen LogP contribution in [0, 0.1) is 0 Å². The van der Waals surface area contributed by atoms with Crippen LogP contribution in [0.5, 0.6) is 0 Å². The fourth-order valence-corrected chi connectivity index (χ4v) is 3.44. The second kappa shape index (κ2) is 8.65. The van der Waals surface area contributed by atoms with Crippen LogP contribution in [0.4, 0.5) is 0 Å². The SMILES string of the molecule is O=C(N/N=C/c1ccc2ccccc2c1)c1nc(-c2ccccc2)n(-c2ccccc2)n1. The molecule has 0 fully saturated rings. The number of benzene rings is 4. The molecule has 1 heterocycles. The molecule has 5 rings (SSSR count). The van der Waals surface area contributed by atoms with Crippen molar-refractivity contribution in [2.45, 2.75) is 0 Å². The second-order valence-corrected chi connectivity index (χ2v) is 7.18. The quantitative estimate of drug-likeness (QED) is 0.328. The molecule has 0 unspecified atom stereocenters. The van der Waals surface area contributed by atoms with Gasteiger partial charge in [-0.15, -0.1) is 5.10 Å². The van der Waals surface area contributed by atoms with E-state index < -0.39 is 5.91 Å². The van der Waals surface area contributed by atoms with Gasteiger partial charge >= 0.3 is 5.91 Å². The number of hydrazone groups is 1. The van der Waals surface area contributed by atoms with Crippen LogP contribution in [0.15, 0.2) is 108 Å². The van der Waals surface area contributed by atoms with Crippen LogP contribution in [0.3, 0.4) is 0 Å². The molecule has 32 heavy (non-hydrogen) atoms. The molecule has 1 amide bonds. The van der Waals surface area contributed by atoms with Crippen LogP contribution in [-0.2, 0) is 0 Å². The predicted molar refractivity (Wildman–Crippen MR) is 126 cm³/mol. The summed E-state index contributed by atoms with van der Waals surface area (Å²) in [5.74, 6) is 0.151. The number of hydrogen-bond acceptors (Lipinski definition) is 4. The largest absolute Gasteiger partial charge is 0.311 e. The zero-order valence-corrected chi connectivity index (χ0v) is 17.1. The van der Waals surface area contributed by atoms with E-state index in [2.05, 4.69) is 26.7 Å². The number of aromatic nitrogens is 3. The summed E-state index contributed by atoms with van der Waals surface area (Å²) < 4.78 is 1.66. The minimum atomic E-state index is -0.478. The summed E-state index contributed by atoms with van der Waals surface area (Å²) in [6.07, 6.45) is 1.61. The van der Waals surface area contributed by atoms with Crippen molar-refractivity contribution in [3.05, 3.63) is 115 Å².